The highest BCUT2D eigenvalue weighted by Gasteiger charge is 2.21. The lowest BCUT2D eigenvalue weighted by molar-refractivity contribution is 0.182. The van der Waals surface area contributed by atoms with Crippen LogP contribution in [0, 0.1) is 13.8 Å². The molecule has 2 heterocycles. The number of guanidine groups is 1. The van der Waals surface area contributed by atoms with Crippen LogP contribution in [0.2, 0.25) is 0 Å². The first-order chi connectivity index (χ1) is 12.1. The van der Waals surface area contributed by atoms with Gasteiger partial charge >= 0.3 is 0 Å². The fraction of sp³-hybridized carbons (Fsp3) is 0.778. The fourth-order valence-electron chi connectivity index (χ4n) is 3.10. The molecule has 0 saturated carbocycles. The maximum absolute atomic E-state index is 5.17. The second kappa shape index (κ2) is 12.1. The van der Waals surface area contributed by atoms with E-state index >= 15 is 0 Å². The van der Waals surface area contributed by atoms with Crippen molar-refractivity contribution < 1.29 is 4.74 Å². The largest absolute Gasteiger partial charge is 0.383 e. The van der Waals surface area contributed by atoms with Crippen molar-refractivity contribution >= 4 is 41.7 Å². The Hall–Kier alpha value is -0.480. The van der Waals surface area contributed by atoms with Crippen LogP contribution in [0.3, 0.4) is 0 Å². The van der Waals surface area contributed by atoms with E-state index < -0.39 is 0 Å². The monoisotopic (exact) mass is 495 g/mol. The zero-order valence-electron chi connectivity index (χ0n) is 16.7. The molecule has 1 atom stereocenters. The number of aliphatic imine (C=N–C) groups is 1. The number of aryl methyl sites for hydroxylation is 1. The van der Waals surface area contributed by atoms with Crippen LogP contribution in [-0.4, -0.2) is 65.0 Å². The number of thioether (sulfide) groups is 1. The van der Waals surface area contributed by atoms with Gasteiger partial charge in [0.15, 0.2) is 5.96 Å². The number of aromatic nitrogens is 2. The summed E-state index contributed by atoms with van der Waals surface area (Å²) in [4.78, 5) is 7.34. The fourth-order valence-corrected chi connectivity index (χ4v) is 4.28. The van der Waals surface area contributed by atoms with Gasteiger partial charge in [0.05, 0.1) is 25.4 Å². The molecule has 1 fully saturated rings. The Kier molecular flexibility index (Phi) is 10.9. The number of ether oxygens (including phenoxy) is 1. The van der Waals surface area contributed by atoms with Gasteiger partial charge in [-0.1, -0.05) is 6.92 Å². The lowest BCUT2D eigenvalue weighted by atomic mass is 10.2. The molecule has 1 unspecified atom stereocenters. The molecule has 1 aromatic rings. The number of nitrogens with zero attached hydrogens (tertiary/aromatic N) is 4. The Balaban J connectivity index is 0.00000338. The number of halogens is 1. The molecule has 1 saturated heterocycles. The second-order valence-electron chi connectivity index (χ2n) is 6.38. The Morgan fingerprint density at radius 1 is 1.38 bits per heavy atom. The molecule has 0 radical (unpaired) electrons. The maximum Gasteiger partial charge on any atom is 0.194 e. The van der Waals surface area contributed by atoms with Crippen LogP contribution in [-0.2, 0) is 17.8 Å². The predicted molar refractivity (Wildman–Crippen MR) is 122 cm³/mol. The molecule has 6 nitrogen and oxygen atoms in total. The molecule has 150 valence electrons. The van der Waals surface area contributed by atoms with Crippen LogP contribution < -0.4 is 5.32 Å². The average molecular weight is 495 g/mol. The zero-order chi connectivity index (χ0) is 18.2. The van der Waals surface area contributed by atoms with E-state index in [1.165, 1.54) is 23.4 Å². The molecule has 0 spiro atoms. The quantitative estimate of drug-likeness (QED) is 0.358. The van der Waals surface area contributed by atoms with E-state index in [0.29, 0.717) is 18.4 Å². The number of nitrogens with one attached hydrogen (secondary N) is 1. The lowest BCUT2D eigenvalue weighted by Gasteiger charge is -2.34. The molecule has 0 amide bonds. The van der Waals surface area contributed by atoms with E-state index in [0.717, 1.165) is 37.8 Å². The van der Waals surface area contributed by atoms with E-state index in [-0.39, 0.29) is 24.0 Å². The summed E-state index contributed by atoms with van der Waals surface area (Å²) in [5, 5.41) is 8.81. The molecule has 0 aromatic carbocycles. The van der Waals surface area contributed by atoms with Crippen LogP contribution in [0.1, 0.15) is 37.2 Å². The number of hydrogen-bond acceptors (Lipinski definition) is 4. The van der Waals surface area contributed by atoms with Crippen molar-refractivity contribution in [2.75, 3.05) is 39.1 Å². The number of methoxy groups -OCH3 is 1. The average Bonchev–Trinajstić information content (AvgIpc) is 2.90. The van der Waals surface area contributed by atoms with Gasteiger partial charge in [-0.15, -0.1) is 24.0 Å². The first-order valence-electron chi connectivity index (χ1n) is 9.27. The third-order valence-electron chi connectivity index (χ3n) is 4.65. The summed E-state index contributed by atoms with van der Waals surface area (Å²) in [5.41, 5.74) is 3.48. The molecule has 1 N–H and O–H groups in total. The van der Waals surface area contributed by atoms with Crippen LogP contribution in [0.5, 0.6) is 0 Å². The molecule has 1 aromatic heterocycles. The molecule has 0 aliphatic carbocycles. The van der Waals surface area contributed by atoms with E-state index in [9.17, 15) is 0 Å². The van der Waals surface area contributed by atoms with Gasteiger partial charge in [0.25, 0.3) is 0 Å². The Bertz CT molecular complexity index is 578. The normalized spacial score (nSPS) is 18.0. The van der Waals surface area contributed by atoms with Gasteiger partial charge in [0.1, 0.15) is 0 Å². The summed E-state index contributed by atoms with van der Waals surface area (Å²) in [5.74, 6) is 2.21. The molecule has 0 bridgehead atoms. The topological polar surface area (TPSA) is 54.7 Å². The van der Waals surface area contributed by atoms with Crippen molar-refractivity contribution in [3.8, 4) is 0 Å². The van der Waals surface area contributed by atoms with E-state index in [2.05, 4.69) is 54.8 Å². The van der Waals surface area contributed by atoms with Crippen molar-refractivity contribution in [2.45, 2.75) is 52.5 Å². The standard InChI is InChI=1S/C18H33N5OS.HI/c1-6-16-13-22(9-11-25-16)18(19-7-2)20-12-17-14(3)21-23(15(17)4)8-10-24-5;/h16H,6-13H2,1-5H3,(H,19,20);1H. The third kappa shape index (κ3) is 6.30. The Morgan fingerprint density at radius 2 is 2.15 bits per heavy atom. The van der Waals surface area contributed by atoms with E-state index in [1.807, 2.05) is 4.68 Å². The summed E-state index contributed by atoms with van der Waals surface area (Å²) >= 11 is 2.08. The van der Waals surface area contributed by atoms with Crippen molar-refractivity contribution in [2.24, 2.45) is 4.99 Å². The lowest BCUT2D eigenvalue weighted by Crippen LogP contribution is -2.48. The zero-order valence-corrected chi connectivity index (χ0v) is 19.9. The summed E-state index contributed by atoms with van der Waals surface area (Å²) < 4.78 is 7.20. The van der Waals surface area contributed by atoms with Gasteiger partial charge in [-0.3, -0.25) is 4.68 Å². The van der Waals surface area contributed by atoms with Gasteiger partial charge in [-0.05, 0) is 27.2 Å². The summed E-state index contributed by atoms with van der Waals surface area (Å²) in [6.45, 7) is 13.8. The van der Waals surface area contributed by atoms with Gasteiger partial charge in [0.2, 0.25) is 0 Å². The molecule has 8 heteroatoms. The first-order valence-corrected chi connectivity index (χ1v) is 10.3. The van der Waals surface area contributed by atoms with Crippen molar-refractivity contribution in [3.05, 3.63) is 17.0 Å². The molecular weight excluding hydrogens is 461 g/mol. The molecular formula is C18H34IN5OS. The summed E-state index contributed by atoms with van der Waals surface area (Å²) in [7, 11) is 1.72. The SMILES string of the molecule is CCNC(=NCc1c(C)nn(CCOC)c1C)N1CCSC(CC)C1.I. The minimum absolute atomic E-state index is 0. The Morgan fingerprint density at radius 3 is 2.81 bits per heavy atom. The second-order valence-corrected chi connectivity index (χ2v) is 7.79. The number of hydrogen-bond donors (Lipinski definition) is 1. The predicted octanol–water partition coefficient (Wildman–Crippen LogP) is 3.06. The van der Waals surface area contributed by atoms with Gasteiger partial charge < -0.3 is 15.0 Å². The highest BCUT2D eigenvalue weighted by Crippen LogP contribution is 2.21. The number of rotatable bonds is 7. The van der Waals surface area contributed by atoms with Gasteiger partial charge in [-0.25, -0.2) is 4.99 Å². The van der Waals surface area contributed by atoms with Crippen molar-refractivity contribution in [3.63, 3.8) is 0 Å². The first kappa shape index (κ1) is 23.6. The Labute approximate surface area is 179 Å². The minimum Gasteiger partial charge on any atom is -0.383 e. The van der Waals surface area contributed by atoms with E-state index in [4.69, 9.17) is 9.73 Å². The maximum atomic E-state index is 5.17. The van der Waals surface area contributed by atoms with E-state index in [1.54, 1.807) is 7.11 Å². The molecule has 1 aliphatic heterocycles. The van der Waals surface area contributed by atoms with Crippen LogP contribution in [0.25, 0.3) is 0 Å². The van der Waals surface area contributed by atoms with Gasteiger partial charge in [0, 0.05) is 49.0 Å². The highest BCUT2D eigenvalue weighted by molar-refractivity contribution is 14.0. The minimum atomic E-state index is 0. The van der Waals surface area contributed by atoms with Crippen molar-refractivity contribution in [1.29, 1.82) is 0 Å². The third-order valence-corrected chi connectivity index (χ3v) is 6.03. The van der Waals surface area contributed by atoms with Crippen LogP contribution >= 0.6 is 35.7 Å². The summed E-state index contributed by atoms with van der Waals surface area (Å²) in [6, 6.07) is 0. The summed E-state index contributed by atoms with van der Waals surface area (Å²) in [6.07, 6.45) is 1.21. The van der Waals surface area contributed by atoms with Crippen molar-refractivity contribution in [1.82, 2.24) is 20.0 Å². The molecule has 2 rings (SSSR count). The highest BCUT2D eigenvalue weighted by atomic mass is 127. The van der Waals surface area contributed by atoms with Crippen LogP contribution in [0.15, 0.2) is 4.99 Å². The van der Waals surface area contributed by atoms with Gasteiger partial charge in [-0.2, -0.15) is 16.9 Å². The molecule has 1 aliphatic rings. The van der Waals surface area contributed by atoms with Crippen LogP contribution in [0.4, 0.5) is 0 Å². The smallest absolute Gasteiger partial charge is 0.194 e. The molecule has 26 heavy (non-hydrogen) atoms.